The molecule has 0 radical (unpaired) electrons. The number of amides is 1. The lowest BCUT2D eigenvalue weighted by molar-refractivity contribution is -0.115. The number of aromatic nitrogens is 3. The summed E-state index contributed by atoms with van der Waals surface area (Å²) in [6.07, 6.45) is 6.96. The first-order chi connectivity index (χ1) is 10.7. The average Bonchev–Trinajstić information content (AvgIpc) is 3.17. The van der Waals surface area contributed by atoms with Crippen molar-refractivity contribution in [2.75, 3.05) is 23.0 Å². The number of nitrogens with zero attached hydrogens (tertiary/aromatic N) is 3. The van der Waals surface area contributed by atoms with Gasteiger partial charge in [0.2, 0.25) is 5.91 Å². The van der Waals surface area contributed by atoms with Gasteiger partial charge in [0.05, 0.1) is 6.20 Å². The highest BCUT2D eigenvalue weighted by Gasteiger charge is 2.17. The number of hydrogen-bond acceptors (Lipinski definition) is 5. The number of rotatable bonds is 5. The van der Waals surface area contributed by atoms with Gasteiger partial charge in [0.15, 0.2) is 5.65 Å². The fourth-order valence-corrected chi connectivity index (χ4v) is 2.82. The fourth-order valence-electron chi connectivity index (χ4n) is 2.82. The highest BCUT2D eigenvalue weighted by atomic mass is 16.1. The minimum atomic E-state index is -0.0446. The molecule has 0 atom stereocenters. The lowest BCUT2D eigenvalue weighted by Gasteiger charge is -2.14. The Hall–Kier alpha value is -2.31. The number of fused-ring (bicyclic) bond motifs is 1. The summed E-state index contributed by atoms with van der Waals surface area (Å²) < 4.78 is 1.70. The molecule has 0 aromatic carbocycles. The maximum Gasteiger partial charge on any atom is 0.224 e. The molecule has 1 saturated carbocycles. The minimum Gasteiger partial charge on any atom is -0.373 e. The molecule has 0 spiro atoms. The molecular weight excluding hydrogens is 280 g/mol. The van der Waals surface area contributed by atoms with Gasteiger partial charge < -0.3 is 16.0 Å². The number of carbonyl (C=O) groups is 1. The SMILES string of the molecule is CCC(=O)Nc1cnn2c(NC)cc(NC3CCCC3)nc12. The van der Waals surface area contributed by atoms with E-state index in [1.165, 1.54) is 25.7 Å². The van der Waals surface area contributed by atoms with Gasteiger partial charge in [0.25, 0.3) is 0 Å². The van der Waals surface area contributed by atoms with Crippen LogP contribution in [0.3, 0.4) is 0 Å². The van der Waals surface area contributed by atoms with E-state index in [0.29, 0.717) is 23.8 Å². The zero-order valence-electron chi connectivity index (χ0n) is 13.0. The van der Waals surface area contributed by atoms with Gasteiger partial charge >= 0.3 is 0 Å². The highest BCUT2D eigenvalue weighted by molar-refractivity contribution is 5.94. The first-order valence-corrected chi connectivity index (χ1v) is 7.84. The highest BCUT2D eigenvalue weighted by Crippen LogP contribution is 2.25. The largest absolute Gasteiger partial charge is 0.373 e. The van der Waals surface area contributed by atoms with Crippen molar-refractivity contribution in [3.63, 3.8) is 0 Å². The molecule has 7 heteroatoms. The van der Waals surface area contributed by atoms with Gasteiger partial charge in [-0.15, -0.1) is 0 Å². The third kappa shape index (κ3) is 2.84. The average molecular weight is 302 g/mol. The van der Waals surface area contributed by atoms with Crippen molar-refractivity contribution >= 4 is 28.9 Å². The molecule has 1 fully saturated rings. The predicted molar refractivity (Wildman–Crippen MR) is 87.3 cm³/mol. The van der Waals surface area contributed by atoms with Crippen LogP contribution in [-0.4, -0.2) is 33.6 Å². The molecule has 0 saturated heterocycles. The summed E-state index contributed by atoms with van der Waals surface area (Å²) >= 11 is 0. The summed E-state index contributed by atoms with van der Waals surface area (Å²) in [5, 5.41) is 13.8. The third-order valence-electron chi connectivity index (χ3n) is 4.03. The maximum absolute atomic E-state index is 11.6. The summed E-state index contributed by atoms with van der Waals surface area (Å²) in [5.74, 6) is 1.61. The normalized spacial score (nSPS) is 15.2. The number of anilines is 3. The van der Waals surface area contributed by atoms with Crippen molar-refractivity contribution in [2.45, 2.75) is 45.1 Å². The Morgan fingerprint density at radius 3 is 2.86 bits per heavy atom. The van der Waals surface area contributed by atoms with Crippen molar-refractivity contribution in [1.82, 2.24) is 14.6 Å². The Kier molecular flexibility index (Phi) is 4.13. The molecule has 1 aliphatic rings. The molecular formula is C15H22N6O. The first-order valence-electron chi connectivity index (χ1n) is 7.84. The van der Waals surface area contributed by atoms with E-state index in [1.54, 1.807) is 10.7 Å². The van der Waals surface area contributed by atoms with Gasteiger partial charge in [0, 0.05) is 25.6 Å². The molecule has 2 aromatic heterocycles. The molecule has 118 valence electrons. The molecule has 1 aliphatic carbocycles. The first kappa shape index (κ1) is 14.6. The predicted octanol–water partition coefficient (Wildman–Crippen LogP) is 2.47. The molecule has 7 nitrogen and oxygen atoms in total. The fraction of sp³-hybridized carbons (Fsp3) is 0.533. The van der Waals surface area contributed by atoms with E-state index in [1.807, 2.05) is 20.0 Å². The maximum atomic E-state index is 11.6. The Morgan fingerprint density at radius 2 is 2.18 bits per heavy atom. The van der Waals surface area contributed by atoms with Crippen LogP contribution in [0, 0.1) is 0 Å². The van der Waals surface area contributed by atoms with Crippen LogP contribution in [0.1, 0.15) is 39.0 Å². The van der Waals surface area contributed by atoms with E-state index in [-0.39, 0.29) is 5.91 Å². The second-order valence-corrected chi connectivity index (χ2v) is 5.60. The van der Waals surface area contributed by atoms with Crippen LogP contribution in [0.25, 0.3) is 5.65 Å². The summed E-state index contributed by atoms with van der Waals surface area (Å²) in [6.45, 7) is 1.82. The van der Waals surface area contributed by atoms with Crippen LogP contribution < -0.4 is 16.0 Å². The third-order valence-corrected chi connectivity index (χ3v) is 4.03. The summed E-state index contributed by atoms with van der Waals surface area (Å²) in [4.78, 5) is 16.3. The number of carbonyl (C=O) groups excluding carboxylic acids is 1. The molecule has 3 rings (SSSR count). The second kappa shape index (κ2) is 6.21. The van der Waals surface area contributed by atoms with Crippen LogP contribution in [0.4, 0.5) is 17.3 Å². The van der Waals surface area contributed by atoms with Gasteiger partial charge in [-0.05, 0) is 12.8 Å². The van der Waals surface area contributed by atoms with Crippen molar-refractivity contribution in [3.8, 4) is 0 Å². The standard InChI is InChI=1S/C15H22N6O/c1-3-14(22)19-11-9-17-21-13(16-2)8-12(20-15(11)21)18-10-6-4-5-7-10/h8-10,16H,3-7H2,1-2H3,(H,18,20)(H,19,22). The van der Waals surface area contributed by atoms with E-state index in [0.717, 1.165) is 11.6 Å². The van der Waals surface area contributed by atoms with Crippen LogP contribution in [-0.2, 0) is 4.79 Å². The van der Waals surface area contributed by atoms with Crippen molar-refractivity contribution < 1.29 is 4.79 Å². The molecule has 3 N–H and O–H groups in total. The van der Waals surface area contributed by atoms with Gasteiger partial charge in [-0.3, -0.25) is 4.79 Å². The molecule has 1 amide bonds. The Morgan fingerprint density at radius 1 is 1.41 bits per heavy atom. The van der Waals surface area contributed by atoms with Crippen LogP contribution >= 0.6 is 0 Å². The zero-order chi connectivity index (χ0) is 15.5. The van der Waals surface area contributed by atoms with Crippen LogP contribution in [0.5, 0.6) is 0 Å². The van der Waals surface area contributed by atoms with E-state index in [9.17, 15) is 4.79 Å². The molecule has 0 bridgehead atoms. The van der Waals surface area contributed by atoms with Gasteiger partial charge in [-0.25, -0.2) is 4.98 Å². The summed E-state index contributed by atoms with van der Waals surface area (Å²) in [6, 6.07) is 2.43. The van der Waals surface area contributed by atoms with Gasteiger partial charge in [-0.2, -0.15) is 9.61 Å². The lowest BCUT2D eigenvalue weighted by atomic mass is 10.2. The summed E-state index contributed by atoms with van der Waals surface area (Å²) in [7, 11) is 1.85. The van der Waals surface area contributed by atoms with Gasteiger partial charge in [0.1, 0.15) is 17.3 Å². The van der Waals surface area contributed by atoms with Crippen molar-refractivity contribution in [1.29, 1.82) is 0 Å². The van der Waals surface area contributed by atoms with E-state index < -0.39 is 0 Å². The molecule has 0 unspecified atom stereocenters. The topological polar surface area (TPSA) is 83.4 Å². The molecule has 2 aromatic rings. The molecule has 0 aliphatic heterocycles. The van der Waals surface area contributed by atoms with Crippen molar-refractivity contribution in [2.24, 2.45) is 0 Å². The zero-order valence-corrected chi connectivity index (χ0v) is 13.0. The monoisotopic (exact) mass is 302 g/mol. The lowest BCUT2D eigenvalue weighted by Crippen LogP contribution is -2.16. The number of nitrogens with one attached hydrogen (secondary N) is 3. The number of hydrogen-bond donors (Lipinski definition) is 3. The molecule has 22 heavy (non-hydrogen) atoms. The van der Waals surface area contributed by atoms with E-state index in [4.69, 9.17) is 0 Å². The van der Waals surface area contributed by atoms with Gasteiger partial charge in [-0.1, -0.05) is 19.8 Å². The minimum absolute atomic E-state index is 0.0446. The Bertz CT molecular complexity index is 674. The molecule has 2 heterocycles. The van der Waals surface area contributed by atoms with Crippen molar-refractivity contribution in [3.05, 3.63) is 12.3 Å². The van der Waals surface area contributed by atoms with E-state index in [2.05, 4.69) is 26.0 Å². The Labute approximate surface area is 129 Å². The Balaban J connectivity index is 1.95. The quantitative estimate of drug-likeness (QED) is 0.790. The summed E-state index contributed by atoms with van der Waals surface area (Å²) in [5.41, 5.74) is 1.28. The second-order valence-electron chi connectivity index (χ2n) is 5.60. The van der Waals surface area contributed by atoms with E-state index >= 15 is 0 Å². The van der Waals surface area contributed by atoms with Crippen LogP contribution in [0.2, 0.25) is 0 Å². The van der Waals surface area contributed by atoms with Crippen LogP contribution in [0.15, 0.2) is 12.3 Å². The smallest absolute Gasteiger partial charge is 0.224 e.